The maximum absolute atomic E-state index is 4.37. The van der Waals surface area contributed by atoms with E-state index in [0.29, 0.717) is 0 Å². The van der Waals surface area contributed by atoms with Crippen molar-refractivity contribution in [2.45, 2.75) is 13.5 Å². The molecule has 0 unspecified atom stereocenters. The summed E-state index contributed by atoms with van der Waals surface area (Å²) in [6.07, 6.45) is 1.82. The third kappa shape index (κ3) is 4.61. The van der Waals surface area contributed by atoms with Gasteiger partial charge in [-0.15, -0.1) is 0 Å². The van der Waals surface area contributed by atoms with Crippen molar-refractivity contribution in [3.05, 3.63) is 23.8 Å². The quantitative estimate of drug-likeness (QED) is 0.789. The molecule has 1 aliphatic rings. The van der Waals surface area contributed by atoms with Gasteiger partial charge < -0.3 is 10.2 Å². The number of thioether (sulfide) groups is 1. The molecule has 0 amide bonds. The van der Waals surface area contributed by atoms with Crippen LogP contribution in [0.5, 0.6) is 0 Å². The smallest absolute Gasteiger partial charge is 0.125 e. The minimum absolute atomic E-state index is 0.839. The topological polar surface area (TPSA) is 41.1 Å². The predicted molar refractivity (Wildman–Crippen MR) is 72.2 cm³/mol. The Morgan fingerprint density at radius 1 is 1.41 bits per heavy atom. The molecule has 1 aliphatic heterocycles. The molecular formula is C12H20N4S. The van der Waals surface area contributed by atoms with Crippen molar-refractivity contribution in [2.24, 2.45) is 0 Å². The van der Waals surface area contributed by atoms with Crippen LogP contribution in [0.3, 0.4) is 0 Å². The summed E-state index contributed by atoms with van der Waals surface area (Å²) >= 11 is 2.06. The van der Waals surface area contributed by atoms with E-state index in [1.54, 1.807) is 0 Å². The lowest BCUT2D eigenvalue weighted by molar-refractivity contribution is 0.301. The highest BCUT2D eigenvalue weighted by Gasteiger charge is 2.08. The summed E-state index contributed by atoms with van der Waals surface area (Å²) in [4.78, 5) is 11.0. The third-order valence-electron chi connectivity index (χ3n) is 2.85. The highest BCUT2D eigenvalue weighted by molar-refractivity contribution is 7.99. The number of aromatic nitrogens is 2. The van der Waals surface area contributed by atoms with Gasteiger partial charge in [0.1, 0.15) is 5.82 Å². The highest BCUT2D eigenvalue weighted by atomic mass is 32.2. The Hall–Kier alpha value is -0.650. The molecule has 5 heteroatoms. The van der Waals surface area contributed by atoms with Gasteiger partial charge in [-0.05, 0) is 13.0 Å². The van der Waals surface area contributed by atoms with Gasteiger partial charge in [0.05, 0.1) is 5.69 Å². The van der Waals surface area contributed by atoms with Gasteiger partial charge in [-0.3, -0.25) is 0 Å². The number of hydrogen-bond donors (Lipinski definition) is 1. The monoisotopic (exact) mass is 252 g/mol. The van der Waals surface area contributed by atoms with Crippen molar-refractivity contribution in [3.8, 4) is 0 Å². The van der Waals surface area contributed by atoms with Crippen molar-refractivity contribution in [2.75, 3.05) is 37.7 Å². The fourth-order valence-electron chi connectivity index (χ4n) is 1.88. The zero-order valence-corrected chi connectivity index (χ0v) is 11.2. The average molecular weight is 252 g/mol. The zero-order valence-electron chi connectivity index (χ0n) is 10.4. The summed E-state index contributed by atoms with van der Waals surface area (Å²) in [6.45, 7) is 7.41. The molecule has 2 heterocycles. The van der Waals surface area contributed by atoms with Gasteiger partial charge >= 0.3 is 0 Å². The molecule has 1 saturated heterocycles. The third-order valence-corrected chi connectivity index (χ3v) is 3.79. The van der Waals surface area contributed by atoms with Gasteiger partial charge in [-0.25, -0.2) is 9.97 Å². The van der Waals surface area contributed by atoms with Crippen LogP contribution < -0.4 is 5.32 Å². The molecule has 1 fully saturated rings. The summed E-state index contributed by atoms with van der Waals surface area (Å²) in [7, 11) is 0. The van der Waals surface area contributed by atoms with E-state index in [9.17, 15) is 0 Å². The van der Waals surface area contributed by atoms with Crippen LogP contribution in [0.15, 0.2) is 12.3 Å². The summed E-state index contributed by atoms with van der Waals surface area (Å²) < 4.78 is 0. The molecular weight excluding hydrogens is 232 g/mol. The summed E-state index contributed by atoms with van der Waals surface area (Å²) in [6, 6.07) is 1.97. The Morgan fingerprint density at radius 3 is 3.00 bits per heavy atom. The van der Waals surface area contributed by atoms with E-state index in [1.807, 2.05) is 19.2 Å². The Balaban J connectivity index is 1.62. The zero-order chi connectivity index (χ0) is 11.9. The molecule has 0 aromatic carbocycles. The number of nitrogens with zero attached hydrogens (tertiary/aromatic N) is 3. The maximum Gasteiger partial charge on any atom is 0.125 e. The molecule has 0 bridgehead atoms. The first-order valence-electron chi connectivity index (χ1n) is 6.14. The van der Waals surface area contributed by atoms with Crippen molar-refractivity contribution in [3.63, 3.8) is 0 Å². The molecule has 4 nitrogen and oxygen atoms in total. The predicted octanol–water partition coefficient (Wildman–Crippen LogP) is 0.923. The van der Waals surface area contributed by atoms with E-state index in [4.69, 9.17) is 0 Å². The molecule has 1 N–H and O–H groups in total. The number of aryl methyl sites for hydroxylation is 1. The fraction of sp³-hybridized carbons (Fsp3) is 0.667. The Morgan fingerprint density at radius 2 is 2.24 bits per heavy atom. The minimum atomic E-state index is 0.839. The first kappa shape index (κ1) is 12.8. The standard InChI is InChI=1S/C12H20N4S/c1-11-14-3-2-12(15-11)10-13-4-5-16-6-8-17-9-7-16/h2-3,13H,4-10H2,1H3. The van der Waals surface area contributed by atoms with E-state index in [2.05, 4.69) is 31.9 Å². The van der Waals surface area contributed by atoms with E-state index in [1.165, 1.54) is 24.6 Å². The molecule has 0 aliphatic carbocycles. The average Bonchev–Trinajstić information content (AvgIpc) is 2.36. The Labute approximate surface area is 107 Å². The lowest BCUT2D eigenvalue weighted by atomic mass is 10.4. The second kappa shape index (κ2) is 6.93. The number of rotatable bonds is 5. The van der Waals surface area contributed by atoms with Gasteiger partial charge in [0, 0.05) is 50.4 Å². The molecule has 2 rings (SSSR count). The second-order valence-corrected chi connectivity index (χ2v) is 5.45. The van der Waals surface area contributed by atoms with E-state index in [-0.39, 0.29) is 0 Å². The van der Waals surface area contributed by atoms with Crippen LogP contribution in [0.2, 0.25) is 0 Å². The molecule has 0 atom stereocenters. The first-order valence-corrected chi connectivity index (χ1v) is 7.29. The number of hydrogen-bond acceptors (Lipinski definition) is 5. The summed E-state index contributed by atoms with van der Waals surface area (Å²) in [5.74, 6) is 3.41. The van der Waals surface area contributed by atoms with Crippen LogP contribution in [0.1, 0.15) is 11.5 Å². The van der Waals surface area contributed by atoms with Gasteiger partial charge in [0.2, 0.25) is 0 Å². The minimum Gasteiger partial charge on any atom is -0.310 e. The first-order chi connectivity index (χ1) is 8.34. The van der Waals surface area contributed by atoms with Crippen LogP contribution in [0.25, 0.3) is 0 Å². The largest absolute Gasteiger partial charge is 0.310 e. The van der Waals surface area contributed by atoms with Crippen LogP contribution in [0, 0.1) is 6.92 Å². The maximum atomic E-state index is 4.37. The van der Waals surface area contributed by atoms with Crippen LogP contribution in [-0.4, -0.2) is 52.6 Å². The molecule has 0 spiro atoms. The lowest BCUT2D eigenvalue weighted by Crippen LogP contribution is -2.37. The van der Waals surface area contributed by atoms with Crippen molar-refractivity contribution in [1.29, 1.82) is 0 Å². The van der Waals surface area contributed by atoms with E-state index >= 15 is 0 Å². The van der Waals surface area contributed by atoms with Gasteiger partial charge in [0.25, 0.3) is 0 Å². The molecule has 1 aromatic rings. The van der Waals surface area contributed by atoms with Crippen molar-refractivity contribution >= 4 is 11.8 Å². The molecule has 94 valence electrons. The number of nitrogens with one attached hydrogen (secondary N) is 1. The van der Waals surface area contributed by atoms with Gasteiger partial charge in [0.15, 0.2) is 0 Å². The van der Waals surface area contributed by atoms with Gasteiger partial charge in [-0.2, -0.15) is 11.8 Å². The SMILES string of the molecule is Cc1nccc(CNCCN2CCSCC2)n1. The normalized spacial score (nSPS) is 17.2. The highest BCUT2D eigenvalue weighted by Crippen LogP contribution is 2.07. The van der Waals surface area contributed by atoms with Crippen molar-refractivity contribution < 1.29 is 0 Å². The van der Waals surface area contributed by atoms with Crippen LogP contribution >= 0.6 is 11.8 Å². The second-order valence-electron chi connectivity index (χ2n) is 4.23. The van der Waals surface area contributed by atoms with E-state index in [0.717, 1.165) is 31.2 Å². The lowest BCUT2D eigenvalue weighted by Gasteiger charge is -2.26. The molecule has 1 aromatic heterocycles. The van der Waals surface area contributed by atoms with E-state index < -0.39 is 0 Å². The summed E-state index contributed by atoms with van der Waals surface area (Å²) in [5, 5.41) is 3.44. The van der Waals surface area contributed by atoms with Crippen LogP contribution in [0.4, 0.5) is 0 Å². The van der Waals surface area contributed by atoms with Crippen molar-refractivity contribution in [1.82, 2.24) is 20.2 Å². The Kier molecular flexibility index (Phi) is 5.22. The Bertz CT molecular complexity index is 339. The van der Waals surface area contributed by atoms with Gasteiger partial charge in [-0.1, -0.05) is 0 Å². The molecule has 0 radical (unpaired) electrons. The van der Waals surface area contributed by atoms with Crippen LogP contribution in [-0.2, 0) is 6.54 Å². The fourth-order valence-corrected chi connectivity index (χ4v) is 2.86. The summed E-state index contributed by atoms with van der Waals surface area (Å²) in [5.41, 5.74) is 1.08. The molecule has 0 saturated carbocycles. The molecule has 17 heavy (non-hydrogen) atoms.